The van der Waals surface area contributed by atoms with Crippen molar-refractivity contribution < 1.29 is 55.6 Å². The molecule has 2 saturated heterocycles. The molecule has 2 fully saturated rings. The second kappa shape index (κ2) is 25.7. The quantitative estimate of drug-likeness (QED) is 0.0979. The van der Waals surface area contributed by atoms with E-state index in [1.165, 1.54) is 0 Å². The Labute approximate surface area is 505 Å². The molecule has 4 atom stereocenters. The number of benzene rings is 4. The molecule has 0 radical (unpaired) electrons. The van der Waals surface area contributed by atoms with Crippen molar-refractivity contribution in [3.63, 3.8) is 0 Å². The lowest BCUT2D eigenvalue weighted by Crippen LogP contribution is -2.43. The van der Waals surface area contributed by atoms with Gasteiger partial charge in [0.2, 0.25) is 11.8 Å². The molecule has 0 saturated carbocycles. The molecule has 460 valence electrons. The van der Waals surface area contributed by atoms with E-state index in [1.54, 1.807) is 21.5 Å². The molecule has 0 amide bonds. The Kier molecular flexibility index (Phi) is 17.8. The number of Topliss-reactive ketones (excluding diaryl/α,β-unsaturated/α-hetero) is 2. The third-order valence-corrected chi connectivity index (χ3v) is 16.8. The van der Waals surface area contributed by atoms with Gasteiger partial charge in [-0.2, -0.15) is 36.5 Å². The fourth-order valence-electron chi connectivity index (χ4n) is 12.8. The summed E-state index contributed by atoms with van der Waals surface area (Å²) in [7, 11) is 0. The number of anilines is 2. The Morgan fingerprint density at radius 3 is 1.02 bits per heavy atom. The lowest BCUT2D eigenvalue weighted by atomic mass is 9.78. The van der Waals surface area contributed by atoms with E-state index in [2.05, 4.69) is 20.4 Å². The zero-order chi connectivity index (χ0) is 62.0. The smallest absolute Gasteiger partial charge is 0.398 e. The predicted octanol–water partition coefficient (Wildman–Crippen LogP) is 11.2. The fraction of sp³-hybridized carbons (Fsp3) is 0.394. The highest BCUT2D eigenvalue weighted by Crippen LogP contribution is 2.50. The molecule has 8 aromatic rings. The third-order valence-electron chi connectivity index (χ3n) is 16.8. The van der Waals surface area contributed by atoms with Crippen molar-refractivity contribution in [3.05, 3.63) is 202 Å². The standard InChI is InChI=1S/2C33H34F3N5O3/c2*1-20(2)44-27-14-13-26(37-38-27)40-17-15-21(16-18-40)30-28-24(19-25(42)32(43)29(28)33(34,35)36)41(39-30)31(22-9-5-3-6-10-22)23-11-7-4-8-12-23/h2*3-14,20-21,29,31-32,43H,15-19H2,1-2H3/t2*29-,32+/m10/s1. The fourth-order valence-corrected chi connectivity index (χ4v) is 12.8. The summed E-state index contributed by atoms with van der Waals surface area (Å²) in [5.74, 6) is -4.84. The van der Waals surface area contributed by atoms with E-state index < -0.39 is 60.0 Å². The van der Waals surface area contributed by atoms with Gasteiger partial charge in [-0.1, -0.05) is 121 Å². The first kappa shape index (κ1) is 61.2. The molecule has 12 rings (SSSR count). The highest BCUT2D eigenvalue weighted by molar-refractivity contribution is 5.89. The van der Waals surface area contributed by atoms with Gasteiger partial charge in [-0.15, -0.1) is 20.4 Å². The number of alkyl halides is 6. The lowest BCUT2D eigenvalue weighted by molar-refractivity contribution is -0.179. The molecule has 0 unspecified atom stereocenters. The average molecular weight is 1210 g/mol. The Morgan fingerprint density at radius 1 is 0.455 bits per heavy atom. The first-order chi connectivity index (χ1) is 42.2. The van der Waals surface area contributed by atoms with Gasteiger partial charge in [0.15, 0.2) is 23.2 Å². The lowest BCUT2D eigenvalue weighted by Gasteiger charge is -2.34. The minimum absolute atomic E-state index is 0.0330. The largest absolute Gasteiger partial charge is 0.474 e. The van der Waals surface area contributed by atoms with Crippen LogP contribution in [0.15, 0.2) is 146 Å². The van der Waals surface area contributed by atoms with Crippen molar-refractivity contribution in [1.29, 1.82) is 0 Å². The van der Waals surface area contributed by atoms with Crippen molar-refractivity contribution >= 4 is 23.2 Å². The summed E-state index contributed by atoms with van der Waals surface area (Å²) >= 11 is 0. The van der Waals surface area contributed by atoms with Crippen LogP contribution in [0, 0.1) is 0 Å². The summed E-state index contributed by atoms with van der Waals surface area (Å²) in [6, 6.07) is 43.8. The number of carbonyl (C=O) groups excluding carboxylic acids is 2. The predicted molar refractivity (Wildman–Crippen MR) is 316 cm³/mol. The number of ketones is 2. The first-order valence-corrected chi connectivity index (χ1v) is 29.7. The van der Waals surface area contributed by atoms with E-state index in [0.29, 0.717) is 86.6 Å². The monoisotopic (exact) mass is 1210 g/mol. The van der Waals surface area contributed by atoms with Crippen LogP contribution in [0.3, 0.4) is 0 Å². The van der Waals surface area contributed by atoms with Gasteiger partial charge < -0.3 is 29.5 Å². The van der Waals surface area contributed by atoms with Crippen LogP contribution in [-0.2, 0) is 22.4 Å². The maximum Gasteiger partial charge on any atom is 0.398 e. The highest BCUT2D eigenvalue weighted by Gasteiger charge is 2.56. The van der Waals surface area contributed by atoms with E-state index in [9.17, 15) is 46.1 Å². The summed E-state index contributed by atoms with van der Waals surface area (Å²) in [6.07, 6.45) is -12.7. The first-order valence-electron chi connectivity index (χ1n) is 29.7. The molecular formula is C66H68F6N10O6. The molecule has 22 heteroatoms. The van der Waals surface area contributed by atoms with E-state index in [4.69, 9.17) is 19.7 Å². The normalized spacial score (nSPS) is 19.5. The maximum atomic E-state index is 14.7. The number of fused-ring (bicyclic) bond motifs is 2. The molecule has 16 nitrogen and oxygen atoms in total. The third kappa shape index (κ3) is 12.9. The van der Waals surface area contributed by atoms with Crippen molar-refractivity contribution in [2.45, 2.75) is 139 Å². The van der Waals surface area contributed by atoms with Crippen molar-refractivity contribution in [3.8, 4) is 11.8 Å². The Morgan fingerprint density at radius 2 is 0.761 bits per heavy atom. The Hall–Kier alpha value is -8.50. The molecule has 88 heavy (non-hydrogen) atoms. The van der Waals surface area contributed by atoms with Crippen LogP contribution >= 0.6 is 0 Å². The number of rotatable bonds is 14. The Bertz CT molecular complexity index is 3330. The molecule has 4 aliphatic rings. The summed E-state index contributed by atoms with van der Waals surface area (Å²) < 4.78 is 102. The molecule has 2 aliphatic heterocycles. The molecule has 2 aliphatic carbocycles. The topological polar surface area (TPSA) is 187 Å². The van der Waals surface area contributed by atoms with Crippen LogP contribution in [0.1, 0.15) is 145 Å². The average Bonchev–Trinajstić information content (AvgIpc) is 1.65. The van der Waals surface area contributed by atoms with Gasteiger partial charge in [0.1, 0.15) is 36.1 Å². The van der Waals surface area contributed by atoms with Gasteiger partial charge in [-0.25, -0.2) is 0 Å². The van der Waals surface area contributed by atoms with E-state index in [-0.39, 0.29) is 59.4 Å². The molecular weight excluding hydrogens is 1140 g/mol. The molecule has 0 spiro atoms. The zero-order valence-electron chi connectivity index (χ0n) is 49.0. The Balaban J connectivity index is 0.000000182. The summed E-state index contributed by atoms with van der Waals surface area (Å²) in [5.41, 5.74) is 4.23. The number of nitrogens with zero attached hydrogens (tertiary/aromatic N) is 10. The molecule has 2 N–H and O–H groups in total. The van der Waals surface area contributed by atoms with Gasteiger partial charge in [0.05, 0.1) is 47.8 Å². The van der Waals surface area contributed by atoms with Gasteiger partial charge in [-0.3, -0.25) is 19.0 Å². The minimum Gasteiger partial charge on any atom is -0.474 e. The van der Waals surface area contributed by atoms with Gasteiger partial charge in [0.25, 0.3) is 0 Å². The highest BCUT2D eigenvalue weighted by atomic mass is 19.4. The number of aliphatic hydroxyl groups is 2. The molecule has 6 heterocycles. The SMILES string of the molecule is CC(C)Oc1ccc(N2CCC(c3nn(C(c4ccccc4)c4ccccc4)c4c3[C@@H](C(F)(F)F)[C@@H](O)C(=O)C4)CC2)nn1.CC(C)Oc1ccc(N2CCC(c3nn(C(c4ccccc4)c4ccccc4)c4c3[C@H](C(F)(F)F)[C@H](O)C(=O)C4)CC2)nn1. The van der Waals surface area contributed by atoms with Crippen LogP contribution in [0.25, 0.3) is 0 Å². The second-order valence-corrected chi connectivity index (χ2v) is 23.4. The van der Waals surface area contributed by atoms with Crippen molar-refractivity contribution in [2.24, 2.45) is 0 Å². The number of ether oxygens (including phenoxy) is 2. The van der Waals surface area contributed by atoms with Crippen LogP contribution in [-0.4, -0.2) is 125 Å². The van der Waals surface area contributed by atoms with Gasteiger partial charge in [-0.05, 0) is 87.8 Å². The number of hydrogen-bond acceptors (Lipinski definition) is 14. The molecule has 4 aromatic carbocycles. The van der Waals surface area contributed by atoms with Crippen molar-refractivity contribution in [1.82, 2.24) is 40.0 Å². The number of piperidine rings is 2. The molecule has 0 bridgehead atoms. The molecule has 4 aromatic heterocycles. The van der Waals surface area contributed by atoms with Crippen LogP contribution < -0.4 is 19.3 Å². The van der Waals surface area contributed by atoms with Crippen LogP contribution in [0.2, 0.25) is 0 Å². The zero-order valence-corrected chi connectivity index (χ0v) is 49.0. The van der Waals surface area contributed by atoms with E-state index >= 15 is 0 Å². The second-order valence-electron chi connectivity index (χ2n) is 23.4. The number of hydrogen-bond donors (Lipinski definition) is 2. The summed E-state index contributed by atoms with van der Waals surface area (Å²) in [6.45, 7) is 9.74. The number of aliphatic hydroxyl groups excluding tert-OH is 2. The summed E-state index contributed by atoms with van der Waals surface area (Å²) in [5, 5.41) is 48.0. The number of aromatic nitrogens is 8. The number of carbonyl (C=O) groups is 2. The maximum absolute atomic E-state index is 14.7. The van der Waals surface area contributed by atoms with E-state index in [1.807, 2.05) is 171 Å². The van der Waals surface area contributed by atoms with Crippen molar-refractivity contribution in [2.75, 3.05) is 36.0 Å². The minimum atomic E-state index is -4.84. The van der Waals surface area contributed by atoms with Crippen LogP contribution in [0.5, 0.6) is 11.8 Å². The van der Waals surface area contributed by atoms with Gasteiger partial charge in [0, 0.05) is 61.3 Å². The number of halogens is 6. The van der Waals surface area contributed by atoms with E-state index in [0.717, 1.165) is 22.3 Å². The van der Waals surface area contributed by atoms with Crippen LogP contribution in [0.4, 0.5) is 38.0 Å². The van der Waals surface area contributed by atoms with Gasteiger partial charge >= 0.3 is 12.4 Å². The summed E-state index contributed by atoms with van der Waals surface area (Å²) in [4.78, 5) is 29.9.